The minimum atomic E-state index is -0.0380. The Morgan fingerprint density at radius 1 is 1.07 bits per heavy atom. The zero-order chi connectivity index (χ0) is 19.3. The van der Waals surface area contributed by atoms with E-state index in [1.54, 1.807) is 0 Å². The number of aromatic nitrogens is 2. The second-order valence-corrected chi connectivity index (χ2v) is 7.96. The number of benzene rings is 2. The first kappa shape index (κ1) is 18.7. The van der Waals surface area contributed by atoms with Gasteiger partial charge in [0, 0.05) is 12.1 Å². The summed E-state index contributed by atoms with van der Waals surface area (Å²) in [7, 11) is 0. The van der Waals surface area contributed by atoms with E-state index >= 15 is 0 Å². The van der Waals surface area contributed by atoms with Crippen molar-refractivity contribution in [1.82, 2.24) is 14.9 Å². The number of nitrogens with one attached hydrogen (secondary N) is 1. The first-order chi connectivity index (χ1) is 13.7. The normalized spacial score (nSPS) is 15.0. The fourth-order valence-corrected chi connectivity index (χ4v) is 4.38. The molecule has 3 aromatic rings. The van der Waals surface area contributed by atoms with Gasteiger partial charge in [-0.3, -0.25) is 4.79 Å². The number of para-hydroxylation sites is 2. The average molecular weight is 376 g/mol. The summed E-state index contributed by atoms with van der Waals surface area (Å²) in [6.45, 7) is 3.39. The minimum Gasteiger partial charge on any atom is -0.345 e. The highest BCUT2D eigenvalue weighted by atomic mass is 16.1. The maximum Gasteiger partial charge on any atom is 0.251 e. The number of imidazole rings is 1. The lowest BCUT2D eigenvalue weighted by atomic mass is 9.87. The molecule has 146 valence electrons. The second kappa shape index (κ2) is 8.59. The Hall–Kier alpha value is -2.62. The lowest BCUT2D eigenvalue weighted by Gasteiger charge is -2.22. The number of hydrogen-bond acceptors (Lipinski definition) is 2. The summed E-state index contributed by atoms with van der Waals surface area (Å²) < 4.78 is 2.31. The summed E-state index contributed by atoms with van der Waals surface area (Å²) >= 11 is 0. The average Bonchev–Trinajstić information content (AvgIpc) is 3.09. The molecule has 4 heteroatoms. The lowest BCUT2D eigenvalue weighted by Crippen LogP contribution is -2.25. The summed E-state index contributed by atoms with van der Waals surface area (Å²) in [6.07, 6.45) is 8.03. The van der Waals surface area contributed by atoms with Crippen LogP contribution in [-0.2, 0) is 13.1 Å². The van der Waals surface area contributed by atoms with Crippen molar-refractivity contribution in [2.75, 3.05) is 0 Å². The van der Waals surface area contributed by atoms with Crippen molar-refractivity contribution in [1.29, 1.82) is 0 Å². The zero-order valence-corrected chi connectivity index (χ0v) is 16.7. The number of amides is 1. The van der Waals surface area contributed by atoms with Gasteiger partial charge in [0.15, 0.2) is 0 Å². The quantitative estimate of drug-likeness (QED) is 0.640. The molecule has 1 aliphatic carbocycles. The van der Waals surface area contributed by atoms with E-state index in [4.69, 9.17) is 4.98 Å². The van der Waals surface area contributed by atoms with Crippen molar-refractivity contribution in [3.05, 3.63) is 65.5 Å². The van der Waals surface area contributed by atoms with Crippen molar-refractivity contribution in [2.24, 2.45) is 5.92 Å². The number of nitrogens with zero attached hydrogens (tertiary/aromatic N) is 2. The number of hydrogen-bond donors (Lipinski definition) is 1. The van der Waals surface area contributed by atoms with Crippen LogP contribution in [0.5, 0.6) is 0 Å². The highest BCUT2D eigenvalue weighted by molar-refractivity contribution is 5.95. The third kappa shape index (κ3) is 4.11. The molecule has 0 unspecified atom stereocenters. The van der Waals surface area contributed by atoms with Crippen LogP contribution in [-0.4, -0.2) is 15.5 Å². The van der Waals surface area contributed by atoms with Crippen molar-refractivity contribution in [3.8, 4) is 0 Å². The van der Waals surface area contributed by atoms with Crippen LogP contribution in [0.25, 0.3) is 11.0 Å². The SMILES string of the molecule is Cc1ccccc1C(=O)NCc1nc2ccccc2n1CCC1CCCCC1. The maximum absolute atomic E-state index is 12.6. The third-order valence-electron chi connectivity index (χ3n) is 6.02. The van der Waals surface area contributed by atoms with Gasteiger partial charge in [0.25, 0.3) is 5.91 Å². The van der Waals surface area contributed by atoms with Crippen LogP contribution in [0.2, 0.25) is 0 Å². The molecular formula is C24H29N3O. The molecular weight excluding hydrogens is 346 g/mol. The summed E-state index contributed by atoms with van der Waals surface area (Å²) in [4.78, 5) is 17.4. The Kier molecular flexibility index (Phi) is 5.75. The number of aryl methyl sites for hydroxylation is 2. The van der Waals surface area contributed by atoms with Crippen LogP contribution in [0.1, 0.15) is 60.3 Å². The standard InChI is InChI=1S/C24H29N3O/c1-18-9-5-6-12-20(18)24(28)25-17-23-26-21-13-7-8-14-22(21)27(23)16-15-19-10-3-2-4-11-19/h5-9,12-14,19H,2-4,10-11,15-17H2,1H3,(H,25,28). The monoisotopic (exact) mass is 375 g/mol. The van der Waals surface area contributed by atoms with E-state index in [9.17, 15) is 4.79 Å². The van der Waals surface area contributed by atoms with E-state index in [-0.39, 0.29) is 5.91 Å². The molecule has 4 nitrogen and oxygen atoms in total. The van der Waals surface area contributed by atoms with Crippen LogP contribution in [0.3, 0.4) is 0 Å². The van der Waals surface area contributed by atoms with E-state index in [2.05, 4.69) is 28.1 Å². The zero-order valence-electron chi connectivity index (χ0n) is 16.7. The summed E-state index contributed by atoms with van der Waals surface area (Å²) in [5.74, 6) is 1.73. The van der Waals surface area contributed by atoms with Gasteiger partial charge < -0.3 is 9.88 Å². The lowest BCUT2D eigenvalue weighted by molar-refractivity contribution is 0.0949. The molecule has 28 heavy (non-hydrogen) atoms. The Balaban J connectivity index is 1.51. The first-order valence-electron chi connectivity index (χ1n) is 10.5. The molecule has 1 heterocycles. The molecule has 0 radical (unpaired) electrons. The first-order valence-corrected chi connectivity index (χ1v) is 10.5. The van der Waals surface area contributed by atoms with Gasteiger partial charge >= 0.3 is 0 Å². The largest absolute Gasteiger partial charge is 0.345 e. The fraction of sp³-hybridized carbons (Fsp3) is 0.417. The second-order valence-electron chi connectivity index (χ2n) is 7.96. The molecule has 1 fully saturated rings. The van der Waals surface area contributed by atoms with Gasteiger partial charge in [0.1, 0.15) is 5.82 Å². The third-order valence-corrected chi connectivity index (χ3v) is 6.02. The van der Waals surface area contributed by atoms with Gasteiger partial charge in [-0.05, 0) is 43.0 Å². The topological polar surface area (TPSA) is 46.9 Å². The molecule has 0 atom stereocenters. The highest BCUT2D eigenvalue weighted by Gasteiger charge is 2.17. The van der Waals surface area contributed by atoms with Crippen molar-refractivity contribution in [2.45, 2.75) is 58.5 Å². The van der Waals surface area contributed by atoms with Crippen molar-refractivity contribution < 1.29 is 4.79 Å². The Bertz CT molecular complexity index is 953. The summed E-state index contributed by atoms with van der Waals surface area (Å²) in [5.41, 5.74) is 3.89. The molecule has 0 saturated heterocycles. The predicted octanol–water partition coefficient (Wildman–Crippen LogP) is 5.25. The molecule has 0 bridgehead atoms. The molecule has 2 aromatic carbocycles. The van der Waals surface area contributed by atoms with E-state index in [0.29, 0.717) is 6.54 Å². The maximum atomic E-state index is 12.6. The van der Waals surface area contributed by atoms with Gasteiger partial charge in [0.05, 0.1) is 17.6 Å². The van der Waals surface area contributed by atoms with Gasteiger partial charge in [0.2, 0.25) is 0 Å². The van der Waals surface area contributed by atoms with E-state index < -0.39 is 0 Å². The highest BCUT2D eigenvalue weighted by Crippen LogP contribution is 2.27. The summed E-state index contributed by atoms with van der Waals surface area (Å²) in [5, 5.41) is 3.07. The molecule has 4 rings (SSSR count). The van der Waals surface area contributed by atoms with Crippen LogP contribution in [0.15, 0.2) is 48.5 Å². The molecule has 1 N–H and O–H groups in total. The molecule has 1 saturated carbocycles. The van der Waals surface area contributed by atoms with Gasteiger partial charge in [-0.1, -0.05) is 62.4 Å². The van der Waals surface area contributed by atoms with Gasteiger partial charge in [-0.25, -0.2) is 4.98 Å². The smallest absolute Gasteiger partial charge is 0.251 e. The van der Waals surface area contributed by atoms with E-state index in [0.717, 1.165) is 34.9 Å². The number of carbonyl (C=O) groups excluding carboxylic acids is 1. The van der Waals surface area contributed by atoms with Crippen molar-refractivity contribution >= 4 is 16.9 Å². The van der Waals surface area contributed by atoms with Crippen molar-refractivity contribution in [3.63, 3.8) is 0 Å². The summed E-state index contributed by atoms with van der Waals surface area (Å²) in [6, 6.07) is 16.0. The van der Waals surface area contributed by atoms with Gasteiger partial charge in [-0.15, -0.1) is 0 Å². The Labute approximate surface area is 167 Å². The Morgan fingerprint density at radius 2 is 1.82 bits per heavy atom. The number of carbonyl (C=O) groups is 1. The molecule has 0 spiro atoms. The van der Waals surface area contributed by atoms with Gasteiger partial charge in [-0.2, -0.15) is 0 Å². The molecule has 1 amide bonds. The van der Waals surface area contributed by atoms with Crippen LogP contribution >= 0.6 is 0 Å². The Morgan fingerprint density at radius 3 is 2.64 bits per heavy atom. The number of fused-ring (bicyclic) bond motifs is 1. The van der Waals surface area contributed by atoms with E-state index in [1.165, 1.54) is 44.0 Å². The predicted molar refractivity (Wildman–Crippen MR) is 113 cm³/mol. The van der Waals surface area contributed by atoms with E-state index in [1.807, 2.05) is 37.3 Å². The fourth-order valence-electron chi connectivity index (χ4n) is 4.38. The van der Waals surface area contributed by atoms with Crippen LogP contribution < -0.4 is 5.32 Å². The van der Waals surface area contributed by atoms with Crippen LogP contribution in [0, 0.1) is 12.8 Å². The molecule has 1 aromatic heterocycles. The minimum absolute atomic E-state index is 0.0380. The molecule has 1 aliphatic rings. The molecule has 0 aliphatic heterocycles. The number of rotatable bonds is 6. The van der Waals surface area contributed by atoms with Crippen LogP contribution in [0.4, 0.5) is 0 Å².